The first-order valence-corrected chi connectivity index (χ1v) is 9.84. The second kappa shape index (κ2) is 6.67. The van der Waals surface area contributed by atoms with Crippen LogP contribution in [0.5, 0.6) is 0 Å². The van der Waals surface area contributed by atoms with Crippen LogP contribution in [0, 0.1) is 0 Å². The van der Waals surface area contributed by atoms with Gasteiger partial charge in [-0.1, -0.05) is 12.2 Å². The molecular weight excluding hydrogens is 308 g/mol. The van der Waals surface area contributed by atoms with Gasteiger partial charge in [0.2, 0.25) is 0 Å². The summed E-state index contributed by atoms with van der Waals surface area (Å²) in [4.78, 5) is 8.30. The smallest absolute Gasteiger partial charge is 0.0248 e. The summed E-state index contributed by atoms with van der Waals surface area (Å²) in [6.07, 6.45) is 7.18. The van der Waals surface area contributed by atoms with Crippen molar-refractivity contribution in [2.75, 3.05) is 26.2 Å². The third-order valence-corrected chi connectivity index (χ3v) is 6.71. The molecule has 0 atom stereocenters. The Labute approximate surface area is 140 Å². The third-order valence-electron chi connectivity index (χ3n) is 4.67. The van der Waals surface area contributed by atoms with Crippen LogP contribution in [0.4, 0.5) is 0 Å². The van der Waals surface area contributed by atoms with Crippen LogP contribution in [-0.4, -0.2) is 36.0 Å². The summed E-state index contributed by atoms with van der Waals surface area (Å²) in [6.45, 7) is 6.86. The second-order valence-electron chi connectivity index (χ2n) is 6.18. The molecule has 2 aromatic rings. The van der Waals surface area contributed by atoms with Gasteiger partial charge in [0.1, 0.15) is 0 Å². The Morgan fingerprint density at radius 3 is 1.82 bits per heavy atom. The lowest BCUT2D eigenvalue weighted by Gasteiger charge is -2.26. The number of rotatable bonds is 4. The molecule has 0 aromatic carbocycles. The monoisotopic (exact) mass is 330 g/mol. The van der Waals surface area contributed by atoms with Crippen LogP contribution in [0.2, 0.25) is 0 Å². The van der Waals surface area contributed by atoms with Gasteiger partial charge >= 0.3 is 0 Å². The van der Waals surface area contributed by atoms with E-state index in [0.717, 1.165) is 26.2 Å². The second-order valence-corrected chi connectivity index (χ2v) is 8.18. The molecular formula is C18H22N2S2. The molecule has 0 unspecified atom stereocenters. The summed E-state index contributed by atoms with van der Waals surface area (Å²) in [5, 5.41) is 4.47. The van der Waals surface area contributed by atoms with E-state index in [-0.39, 0.29) is 0 Å². The van der Waals surface area contributed by atoms with E-state index in [4.69, 9.17) is 0 Å². The number of thiophene rings is 2. The maximum atomic E-state index is 2.55. The third kappa shape index (κ3) is 3.20. The highest BCUT2D eigenvalue weighted by molar-refractivity contribution is 7.10. The Morgan fingerprint density at radius 2 is 1.32 bits per heavy atom. The molecule has 0 bridgehead atoms. The van der Waals surface area contributed by atoms with Gasteiger partial charge in [-0.15, -0.1) is 22.7 Å². The number of fused-ring (bicyclic) bond motifs is 2. The van der Waals surface area contributed by atoms with Crippen molar-refractivity contribution >= 4 is 22.7 Å². The molecule has 0 radical (unpaired) electrons. The molecule has 116 valence electrons. The minimum atomic E-state index is 1.09. The Bertz CT molecular complexity index is 599. The molecule has 4 rings (SSSR count). The lowest BCUT2D eigenvalue weighted by molar-refractivity contribution is 0.276. The molecule has 22 heavy (non-hydrogen) atoms. The summed E-state index contributed by atoms with van der Waals surface area (Å²) in [5.74, 6) is 0. The molecule has 0 N–H and O–H groups in total. The summed E-state index contributed by atoms with van der Waals surface area (Å²) < 4.78 is 0. The molecule has 0 fully saturated rings. The highest BCUT2D eigenvalue weighted by Crippen LogP contribution is 2.24. The zero-order valence-corrected chi connectivity index (χ0v) is 14.5. The van der Waals surface area contributed by atoms with E-state index < -0.39 is 0 Å². The fraction of sp³-hybridized carbons (Fsp3) is 0.444. The van der Waals surface area contributed by atoms with Gasteiger partial charge in [0.15, 0.2) is 0 Å². The van der Waals surface area contributed by atoms with Crippen LogP contribution in [0.1, 0.15) is 20.9 Å². The average molecular weight is 331 g/mol. The van der Waals surface area contributed by atoms with Crippen molar-refractivity contribution in [1.29, 1.82) is 0 Å². The van der Waals surface area contributed by atoms with E-state index in [1.807, 2.05) is 22.7 Å². The van der Waals surface area contributed by atoms with Crippen LogP contribution < -0.4 is 0 Å². The Morgan fingerprint density at radius 1 is 0.818 bits per heavy atom. The first-order chi connectivity index (χ1) is 10.9. The molecule has 4 heterocycles. The lowest BCUT2D eigenvalue weighted by Crippen LogP contribution is -2.31. The van der Waals surface area contributed by atoms with Gasteiger partial charge in [-0.25, -0.2) is 0 Å². The molecule has 2 nitrogen and oxygen atoms in total. The Balaban J connectivity index is 1.24. The van der Waals surface area contributed by atoms with Crippen LogP contribution in [0.3, 0.4) is 0 Å². The normalized spacial score (nSPS) is 19.5. The summed E-state index contributed by atoms with van der Waals surface area (Å²) in [7, 11) is 0. The first-order valence-electron chi connectivity index (χ1n) is 8.09. The Hall–Kier alpha value is -0.940. The fourth-order valence-corrected chi connectivity index (χ4v) is 5.15. The van der Waals surface area contributed by atoms with Gasteiger partial charge < -0.3 is 0 Å². The van der Waals surface area contributed by atoms with Crippen LogP contribution in [0.15, 0.2) is 35.0 Å². The average Bonchev–Trinajstić information content (AvgIpc) is 3.19. The molecule has 4 heteroatoms. The van der Waals surface area contributed by atoms with Gasteiger partial charge in [-0.3, -0.25) is 9.80 Å². The van der Waals surface area contributed by atoms with Gasteiger partial charge in [-0.05, 0) is 46.9 Å². The van der Waals surface area contributed by atoms with Gasteiger partial charge in [0, 0.05) is 49.0 Å². The van der Waals surface area contributed by atoms with Gasteiger partial charge in [0.25, 0.3) is 0 Å². The standard InChI is InChI=1S/C18H22N2S2/c1(7-19-9-3-17-15(13-19)5-11-21-17)2-8-20-10-4-18-16(14-20)6-12-22-18/h1-2,5-6,11-12H,3-4,7-10,13-14H2. The number of hydrogen-bond donors (Lipinski definition) is 0. The minimum Gasteiger partial charge on any atom is -0.295 e. The van der Waals surface area contributed by atoms with Crippen LogP contribution in [-0.2, 0) is 25.9 Å². The van der Waals surface area contributed by atoms with E-state index >= 15 is 0 Å². The maximum absolute atomic E-state index is 2.55. The molecule has 2 aromatic heterocycles. The van der Waals surface area contributed by atoms with E-state index in [1.165, 1.54) is 25.9 Å². The predicted octanol–water partition coefficient (Wildman–Crippen LogP) is 3.78. The predicted molar refractivity (Wildman–Crippen MR) is 95.7 cm³/mol. The van der Waals surface area contributed by atoms with E-state index in [0.29, 0.717) is 0 Å². The first kappa shape index (κ1) is 14.6. The molecule has 2 aliphatic heterocycles. The molecule has 0 spiro atoms. The van der Waals surface area contributed by atoms with Crippen molar-refractivity contribution in [3.05, 3.63) is 55.9 Å². The lowest BCUT2D eigenvalue weighted by atomic mass is 10.1. The maximum Gasteiger partial charge on any atom is 0.0248 e. The topological polar surface area (TPSA) is 6.48 Å². The van der Waals surface area contributed by atoms with E-state index in [1.54, 1.807) is 20.9 Å². The SMILES string of the molecule is C(=CCN1CCc2sccc2C1)CN1CCc2sccc2C1. The molecule has 0 saturated heterocycles. The van der Waals surface area contributed by atoms with Crippen molar-refractivity contribution in [1.82, 2.24) is 9.80 Å². The van der Waals surface area contributed by atoms with Crippen molar-refractivity contribution in [3.63, 3.8) is 0 Å². The van der Waals surface area contributed by atoms with Crippen molar-refractivity contribution < 1.29 is 0 Å². The highest BCUT2D eigenvalue weighted by Gasteiger charge is 2.17. The minimum absolute atomic E-state index is 1.09. The largest absolute Gasteiger partial charge is 0.295 e. The summed E-state index contributed by atoms with van der Waals surface area (Å²) in [5.41, 5.74) is 3.09. The highest BCUT2D eigenvalue weighted by atomic mass is 32.1. The van der Waals surface area contributed by atoms with Crippen molar-refractivity contribution in [2.24, 2.45) is 0 Å². The quantitative estimate of drug-likeness (QED) is 0.787. The Kier molecular flexibility index (Phi) is 4.44. The number of nitrogens with zero attached hydrogens (tertiary/aromatic N) is 2. The molecule has 2 aliphatic rings. The van der Waals surface area contributed by atoms with E-state index in [9.17, 15) is 0 Å². The van der Waals surface area contributed by atoms with Crippen LogP contribution >= 0.6 is 22.7 Å². The molecule has 0 amide bonds. The van der Waals surface area contributed by atoms with Crippen LogP contribution in [0.25, 0.3) is 0 Å². The van der Waals surface area contributed by atoms with E-state index in [2.05, 4.69) is 44.8 Å². The van der Waals surface area contributed by atoms with Crippen molar-refractivity contribution in [2.45, 2.75) is 25.9 Å². The van der Waals surface area contributed by atoms with Crippen molar-refractivity contribution in [3.8, 4) is 0 Å². The molecule has 0 aliphatic carbocycles. The summed E-state index contributed by atoms with van der Waals surface area (Å²) >= 11 is 3.84. The summed E-state index contributed by atoms with van der Waals surface area (Å²) in [6, 6.07) is 4.59. The fourth-order valence-electron chi connectivity index (χ4n) is 3.37. The number of hydrogen-bond acceptors (Lipinski definition) is 4. The zero-order valence-electron chi connectivity index (χ0n) is 12.8. The molecule has 0 saturated carbocycles. The van der Waals surface area contributed by atoms with Gasteiger partial charge in [-0.2, -0.15) is 0 Å². The zero-order chi connectivity index (χ0) is 14.8. The van der Waals surface area contributed by atoms with Gasteiger partial charge in [0.05, 0.1) is 0 Å².